The van der Waals surface area contributed by atoms with Crippen molar-refractivity contribution < 1.29 is 4.74 Å². The van der Waals surface area contributed by atoms with Crippen molar-refractivity contribution in [2.24, 2.45) is 0 Å². The minimum Gasteiger partial charge on any atom is -0.379 e. The van der Waals surface area contributed by atoms with Crippen LogP contribution in [0.1, 0.15) is 25.0 Å². The third-order valence-electron chi connectivity index (χ3n) is 3.64. The Morgan fingerprint density at radius 2 is 2.28 bits per heavy atom. The van der Waals surface area contributed by atoms with Gasteiger partial charge in [0.2, 0.25) is 0 Å². The fraction of sp³-hybridized carbons (Fsp3) is 0.692. The standard InChI is InChI=1S/C13H20N4O/c1-17(12-4-5-18-9-12)13-8-14-6-11(16-13)7-15-10-2-3-10/h6,8,10,12,15H,2-5,7,9H2,1H3. The maximum atomic E-state index is 5.41. The van der Waals surface area contributed by atoms with Crippen LogP contribution in [0.4, 0.5) is 5.82 Å². The number of ether oxygens (including phenoxy) is 1. The Hall–Kier alpha value is -1.20. The van der Waals surface area contributed by atoms with E-state index in [9.17, 15) is 0 Å². The second kappa shape index (κ2) is 5.20. The molecular weight excluding hydrogens is 228 g/mol. The molecule has 5 heteroatoms. The molecule has 1 aliphatic heterocycles. The Labute approximate surface area is 108 Å². The van der Waals surface area contributed by atoms with E-state index in [1.807, 2.05) is 12.4 Å². The normalized spacial score (nSPS) is 23.3. The highest BCUT2D eigenvalue weighted by atomic mass is 16.5. The number of likely N-dealkylation sites (N-methyl/N-ethyl adjacent to an activating group) is 1. The van der Waals surface area contributed by atoms with Crippen LogP contribution in [0.3, 0.4) is 0 Å². The molecule has 0 spiro atoms. The lowest BCUT2D eigenvalue weighted by Gasteiger charge is -2.24. The molecule has 1 N–H and O–H groups in total. The predicted molar refractivity (Wildman–Crippen MR) is 69.5 cm³/mol. The zero-order valence-electron chi connectivity index (χ0n) is 10.8. The molecule has 0 aromatic carbocycles. The van der Waals surface area contributed by atoms with E-state index < -0.39 is 0 Å². The van der Waals surface area contributed by atoms with Crippen molar-refractivity contribution in [1.82, 2.24) is 15.3 Å². The van der Waals surface area contributed by atoms with E-state index in [1.54, 1.807) is 0 Å². The van der Waals surface area contributed by atoms with E-state index in [4.69, 9.17) is 4.74 Å². The van der Waals surface area contributed by atoms with Crippen molar-refractivity contribution in [2.45, 2.75) is 37.9 Å². The molecular formula is C13H20N4O. The van der Waals surface area contributed by atoms with Gasteiger partial charge in [0.05, 0.1) is 24.5 Å². The van der Waals surface area contributed by atoms with Gasteiger partial charge in [-0.05, 0) is 19.3 Å². The van der Waals surface area contributed by atoms with Crippen molar-refractivity contribution in [3.05, 3.63) is 18.1 Å². The smallest absolute Gasteiger partial charge is 0.147 e. The van der Waals surface area contributed by atoms with Crippen molar-refractivity contribution in [3.8, 4) is 0 Å². The summed E-state index contributed by atoms with van der Waals surface area (Å²) in [4.78, 5) is 11.1. The summed E-state index contributed by atoms with van der Waals surface area (Å²) in [5, 5.41) is 3.46. The summed E-state index contributed by atoms with van der Waals surface area (Å²) in [7, 11) is 2.07. The number of aromatic nitrogens is 2. The minimum absolute atomic E-state index is 0.436. The van der Waals surface area contributed by atoms with E-state index in [0.29, 0.717) is 12.1 Å². The van der Waals surface area contributed by atoms with Gasteiger partial charge in [-0.2, -0.15) is 0 Å². The third kappa shape index (κ3) is 2.79. The Morgan fingerprint density at radius 3 is 3.00 bits per heavy atom. The zero-order valence-corrected chi connectivity index (χ0v) is 10.8. The number of anilines is 1. The van der Waals surface area contributed by atoms with Gasteiger partial charge in [-0.3, -0.25) is 4.98 Å². The van der Waals surface area contributed by atoms with Gasteiger partial charge in [0.1, 0.15) is 5.82 Å². The molecule has 1 aliphatic carbocycles. The summed E-state index contributed by atoms with van der Waals surface area (Å²) in [6, 6.07) is 1.14. The molecule has 2 fully saturated rings. The fourth-order valence-corrected chi connectivity index (χ4v) is 2.20. The molecule has 1 saturated heterocycles. The molecule has 1 unspecified atom stereocenters. The van der Waals surface area contributed by atoms with Crippen LogP contribution < -0.4 is 10.2 Å². The van der Waals surface area contributed by atoms with Crippen LogP contribution >= 0.6 is 0 Å². The lowest BCUT2D eigenvalue weighted by atomic mass is 10.2. The summed E-state index contributed by atoms with van der Waals surface area (Å²) < 4.78 is 5.41. The number of nitrogens with zero attached hydrogens (tertiary/aromatic N) is 3. The van der Waals surface area contributed by atoms with Gasteiger partial charge in [-0.25, -0.2) is 4.98 Å². The second-order valence-electron chi connectivity index (χ2n) is 5.15. The highest BCUT2D eigenvalue weighted by Crippen LogP contribution is 2.20. The topological polar surface area (TPSA) is 50.3 Å². The molecule has 0 amide bonds. The SMILES string of the molecule is CN(c1cncc(CNC2CC2)n1)C1CCOC1. The number of hydrogen-bond acceptors (Lipinski definition) is 5. The maximum absolute atomic E-state index is 5.41. The lowest BCUT2D eigenvalue weighted by Crippen LogP contribution is -2.32. The second-order valence-corrected chi connectivity index (χ2v) is 5.15. The first-order valence-electron chi connectivity index (χ1n) is 6.68. The van der Waals surface area contributed by atoms with Gasteiger partial charge in [0, 0.05) is 32.4 Å². The highest BCUT2D eigenvalue weighted by molar-refractivity contribution is 5.37. The Kier molecular flexibility index (Phi) is 3.43. The Morgan fingerprint density at radius 1 is 1.39 bits per heavy atom. The molecule has 0 bridgehead atoms. The fourth-order valence-electron chi connectivity index (χ4n) is 2.20. The largest absolute Gasteiger partial charge is 0.379 e. The summed E-state index contributed by atoms with van der Waals surface area (Å²) in [5.41, 5.74) is 1.02. The molecule has 1 aromatic heterocycles. The van der Waals surface area contributed by atoms with Crippen molar-refractivity contribution in [1.29, 1.82) is 0 Å². The van der Waals surface area contributed by atoms with Gasteiger partial charge < -0.3 is 15.0 Å². The predicted octanol–water partition coefficient (Wildman–Crippen LogP) is 0.954. The molecule has 2 heterocycles. The van der Waals surface area contributed by atoms with Gasteiger partial charge in [0.15, 0.2) is 0 Å². The van der Waals surface area contributed by atoms with Crippen LogP contribution in [-0.2, 0) is 11.3 Å². The molecule has 3 rings (SSSR count). The van der Waals surface area contributed by atoms with Gasteiger partial charge in [-0.1, -0.05) is 0 Å². The average Bonchev–Trinajstić information content (AvgIpc) is 3.08. The van der Waals surface area contributed by atoms with E-state index >= 15 is 0 Å². The van der Waals surface area contributed by atoms with E-state index in [-0.39, 0.29) is 0 Å². The summed E-state index contributed by atoms with van der Waals surface area (Å²) >= 11 is 0. The van der Waals surface area contributed by atoms with Crippen molar-refractivity contribution >= 4 is 5.82 Å². The molecule has 98 valence electrons. The van der Waals surface area contributed by atoms with Gasteiger partial charge >= 0.3 is 0 Å². The average molecular weight is 248 g/mol. The maximum Gasteiger partial charge on any atom is 0.147 e. The zero-order chi connectivity index (χ0) is 12.4. The molecule has 5 nitrogen and oxygen atoms in total. The molecule has 0 radical (unpaired) electrons. The first kappa shape index (κ1) is 11.9. The molecule has 1 saturated carbocycles. The first-order chi connectivity index (χ1) is 8.83. The first-order valence-corrected chi connectivity index (χ1v) is 6.68. The van der Waals surface area contributed by atoms with E-state index in [1.165, 1.54) is 12.8 Å². The Bertz CT molecular complexity index is 402. The molecule has 18 heavy (non-hydrogen) atoms. The van der Waals surface area contributed by atoms with Crippen molar-refractivity contribution in [3.63, 3.8) is 0 Å². The summed E-state index contributed by atoms with van der Waals surface area (Å²) in [6.45, 7) is 2.47. The molecule has 1 atom stereocenters. The summed E-state index contributed by atoms with van der Waals surface area (Å²) in [6.07, 6.45) is 7.35. The lowest BCUT2D eigenvalue weighted by molar-refractivity contribution is 0.193. The number of rotatable bonds is 5. The van der Waals surface area contributed by atoms with Crippen molar-refractivity contribution in [2.75, 3.05) is 25.2 Å². The highest BCUT2D eigenvalue weighted by Gasteiger charge is 2.22. The van der Waals surface area contributed by atoms with Crippen LogP contribution in [0.5, 0.6) is 0 Å². The van der Waals surface area contributed by atoms with E-state index in [0.717, 1.165) is 37.7 Å². The quantitative estimate of drug-likeness (QED) is 0.841. The van der Waals surface area contributed by atoms with Crippen LogP contribution in [0.2, 0.25) is 0 Å². The van der Waals surface area contributed by atoms with Gasteiger partial charge in [0.25, 0.3) is 0 Å². The third-order valence-corrected chi connectivity index (χ3v) is 3.64. The molecule has 1 aromatic rings. The monoisotopic (exact) mass is 248 g/mol. The van der Waals surface area contributed by atoms with Crippen LogP contribution in [0.25, 0.3) is 0 Å². The Balaban J connectivity index is 1.64. The summed E-state index contributed by atoms with van der Waals surface area (Å²) in [5.74, 6) is 0.945. The molecule has 2 aliphatic rings. The van der Waals surface area contributed by atoms with Crippen LogP contribution in [0, 0.1) is 0 Å². The minimum atomic E-state index is 0.436. The van der Waals surface area contributed by atoms with Crippen LogP contribution in [0.15, 0.2) is 12.4 Å². The van der Waals surface area contributed by atoms with Crippen LogP contribution in [-0.4, -0.2) is 42.3 Å². The van der Waals surface area contributed by atoms with Gasteiger partial charge in [-0.15, -0.1) is 0 Å². The number of hydrogen-bond donors (Lipinski definition) is 1. The van der Waals surface area contributed by atoms with E-state index in [2.05, 4.69) is 27.2 Å². The number of nitrogens with one attached hydrogen (secondary N) is 1.